The average Bonchev–Trinajstić information content (AvgIpc) is 3.50. The number of likely N-dealkylation sites (tertiary alicyclic amines) is 1. The molecule has 0 saturated carbocycles. The predicted molar refractivity (Wildman–Crippen MR) is 153 cm³/mol. The number of phenolic OH excluding ortho intramolecular Hbond substituents is 1. The van der Waals surface area contributed by atoms with Gasteiger partial charge in [0.15, 0.2) is 0 Å². The number of aromatic hydroxyl groups is 1. The van der Waals surface area contributed by atoms with E-state index in [-0.39, 0.29) is 25.1 Å². The predicted octanol–water partition coefficient (Wildman–Crippen LogP) is -5.37. The number of hydrogen-bond donors (Lipinski definition) is 11. The molecule has 250 valence electrons. The number of hydrogen-bond acceptors (Lipinski definition) is 12. The third-order valence-corrected chi connectivity index (χ3v) is 7.08. The molecule has 0 bridgehead atoms. The van der Waals surface area contributed by atoms with Gasteiger partial charge >= 0.3 is 5.97 Å². The van der Waals surface area contributed by atoms with Crippen LogP contribution in [-0.4, -0.2) is 140 Å². The third kappa shape index (κ3) is 10.4. The molecule has 1 aliphatic rings. The van der Waals surface area contributed by atoms with Crippen LogP contribution in [0.1, 0.15) is 25.3 Å². The lowest BCUT2D eigenvalue weighted by molar-refractivity contribution is -0.144. The largest absolute Gasteiger partial charge is 0.508 e. The van der Waals surface area contributed by atoms with Gasteiger partial charge in [-0.15, -0.1) is 0 Å². The number of aliphatic carboxylic acids is 1. The van der Waals surface area contributed by atoms with Gasteiger partial charge in [0.2, 0.25) is 29.5 Å². The number of nitrogens with one attached hydrogen (secondary N) is 4. The van der Waals surface area contributed by atoms with Gasteiger partial charge < -0.3 is 62.5 Å². The SMILES string of the molecule is C[C@@H](O)[C@H](N)C(=O)N[C@@H](CO)C(=O)N1CCC[C@H]1C(=O)N[C@@H](CO)C(=O)N[C@@H](Cc1ccc(O)cc1)C(=O)N[C@@H](CO)C(=O)O. The summed E-state index contributed by atoms with van der Waals surface area (Å²) >= 11 is 0. The Morgan fingerprint density at radius 3 is 1.91 bits per heavy atom. The van der Waals surface area contributed by atoms with Gasteiger partial charge in [0.25, 0.3) is 0 Å². The van der Waals surface area contributed by atoms with E-state index in [2.05, 4.69) is 21.3 Å². The van der Waals surface area contributed by atoms with Crippen molar-refractivity contribution in [1.29, 1.82) is 0 Å². The lowest BCUT2D eigenvalue weighted by Gasteiger charge is -2.30. The molecule has 1 heterocycles. The number of nitrogens with two attached hydrogens (primary N) is 1. The van der Waals surface area contributed by atoms with Gasteiger partial charge in [0.05, 0.1) is 25.9 Å². The van der Waals surface area contributed by atoms with E-state index in [1.165, 1.54) is 31.2 Å². The first-order chi connectivity index (χ1) is 21.2. The molecule has 45 heavy (non-hydrogen) atoms. The molecule has 1 aromatic carbocycles. The lowest BCUT2D eigenvalue weighted by atomic mass is 10.0. The zero-order valence-corrected chi connectivity index (χ0v) is 24.5. The van der Waals surface area contributed by atoms with Gasteiger partial charge in [-0.3, -0.25) is 24.0 Å². The first-order valence-electron chi connectivity index (χ1n) is 14.0. The van der Waals surface area contributed by atoms with Crippen LogP contribution >= 0.6 is 0 Å². The molecule has 0 unspecified atom stereocenters. The minimum Gasteiger partial charge on any atom is -0.508 e. The summed E-state index contributed by atoms with van der Waals surface area (Å²) in [6, 6.07) is -3.27. The summed E-state index contributed by atoms with van der Waals surface area (Å²) < 4.78 is 0. The lowest BCUT2D eigenvalue weighted by Crippen LogP contribution is -2.60. The summed E-state index contributed by atoms with van der Waals surface area (Å²) in [6.07, 6.45) is -0.963. The van der Waals surface area contributed by atoms with E-state index in [1.807, 2.05) is 0 Å². The minimum absolute atomic E-state index is 0.0617. The fraction of sp³-hybridized carbons (Fsp3) is 0.556. The summed E-state index contributed by atoms with van der Waals surface area (Å²) in [5.74, 6) is -6.24. The van der Waals surface area contributed by atoms with E-state index in [1.54, 1.807) is 0 Å². The molecule has 0 aliphatic carbocycles. The Hall–Kier alpha value is -4.36. The number of carboxylic acids is 1. The van der Waals surface area contributed by atoms with Crippen LogP contribution < -0.4 is 27.0 Å². The number of nitrogens with zero attached hydrogens (tertiary/aromatic N) is 1. The Morgan fingerprint density at radius 1 is 0.844 bits per heavy atom. The number of carbonyl (C=O) groups is 6. The van der Waals surface area contributed by atoms with Crippen LogP contribution in [0, 0.1) is 0 Å². The number of carboxylic acid groups (broad SMARTS) is 1. The molecule has 2 rings (SSSR count). The van der Waals surface area contributed by atoms with Crippen molar-refractivity contribution in [2.24, 2.45) is 5.73 Å². The molecule has 1 aliphatic heterocycles. The fourth-order valence-electron chi connectivity index (χ4n) is 4.44. The Morgan fingerprint density at radius 2 is 1.38 bits per heavy atom. The quantitative estimate of drug-likeness (QED) is 0.0805. The van der Waals surface area contributed by atoms with Gasteiger partial charge in [-0.25, -0.2) is 4.79 Å². The topological polar surface area (TPSA) is 301 Å². The van der Waals surface area contributed by atoms with Gasteiger partial charge in [-0.05, 0) is 37.5 Å². The smallest absolute Gasteiger partial charge is 0.328 e. The summed E-state index contributed by atoms with van der Waals surface area (Å²) in [5.41, 5.74) is 6.01. The van der Waals surface area contributed by atoms with Crippen LogP contribution in [0.25, 0.3) is 0 Å². The van der Waals surface area contributed by atoms with Crippen LogP contribution in [-0.2, 0) is 35.2 Å². The molecule has 5 amide bonds. The monoisotopic (exact) mass is 640 g/mol. The molecule has 1 aromatic rings. The zero-order chi connectivity index (χ0) is 33.8. The Balaban J connectivity index is 2.16. The molecular formula is C27H40N6O12. The third-order valence-electron chi connectivity index (χ3n) is 7.08. The Labute approximate surface area is 257 Å². The molecule has 12 N–H and O–H groups in total. The summed E-state index contributed by atoms with van der Waals surface area (Å²) in [5, 5.41) is 66.1. The molecule has 1 saturated heterocycles. The summed E-state index contributed by atoms with van der Waals surface area (Å²) in [7, 11) is 0. The standard InChI is InChI=1S/C27H40N6O12/c1-13(37)21(28)25(42)31-18(11-35)26(43)33-8-2-3-20(33)24(41)30-17(10-34)23(40)29-16(9-14-4-6-15(38)7-5-14)22(39)32-19(12-36)27(44)45/h4-7,13,16-21,34-38H,2-3,8-12,28H2,1H3,(H,29,40)(H,30,41)(H,31,42)(H,32,39)(H,44,45)/t13-,16+,17+,18+,19+,20+,21+/m1/s1. The maximum atomic E-state index is 13.2. The second kappa shape index (κ2) is 17.2. The van der Waals surface area contributed by atoms with Crippen molar-refractivity contribution in [3.05, 3.63) is 29.8 Å². The number of aliphatic hydroxyl groups excluding tert-OH is 4. The normalized spacial score (nSPS) is 18.4. The first kappa shape index (κ1) is 36.8. The number of rotatable bonds is 16. The van der Waals surface area contributed by atoms with Crippen LogP contribution in [0.15, 0.2) is 24.3 Å². The molecule has 18 heteroatoms. The van der Waals surface area contributed by atoms with Gasteiger partial charge in [-0.2, -0.15) is 0 Å². The van der Waals surface area contributed by atoms with E-state index in [0.717, 1.165) is 4.90 Å². The van der Waals surface area contributed by atoms with Crippen LogP contribution in [0.3, 0.4) is 0 Å². The van der Waals surface area contributed by atoms with Crippen molar-refractivity contribution in [3.63, 3.8) is 0 Å². The Kier molecular flexibility index (Phi) is 14.1. The molecule has 7 atom stereocenters. The maximum absolute atomic E-state index is 13.2. The van der Waals surface area contributed by atoms with Crippen molar-refractivity contribution >= 4 is 35.5 Å². The number of benzene rings is 1. The maximum Gasteiger partial charge on any atom is 0.328 e. The van der Waals surface area contributed by atoms with Gasteiger partial charge in [-0.1, -0.05) is 12.1 Å². The highest BCUT2D eigenvalue weighted by Crippen LogP contribution is 2.19. The molecule has 0 radical (unpaired) electrons. The number of phenols is 1. The second-order valence-electron chi connectivity index (χ2n) is 10.5. The molecule has 18 nitrogen and oxygen atoms in total. The van der Waals surface area contributed by atoms with E-state index in [9.17, 15) is 59.4 Å². The highest BCUT2D eigenvalue weighted by Gasteiger charge is 2.39. The van der Waals surface area contributed by atoms with E-state index < -0.39 is 97.7 Å². The van der Waals surface area contributed by atoms with Crippen LogP contribution in [0.4, 0.5) is 0 Å². The van der Waals surface area contributed by atoms with E-state index in [0.29, 0.717) is 12.0 Å². The zero-order valence-electron chi connectivity index (χ0n) is 24.5. The fourth-order valence-corrected chi connectivity index (χ4v) is 4.44. The number of carbonyl (C=O) groups excluding carboxylic acids is 5. The van der Waals surface area contributed by atoms with Crippen molar-refractivity contribution in [2.75, 3.05) is 26.4 Å². The first-order valence-corrected chi connectivity index (χ1v) is 14.0. The summed E-state index contributed by atoms with van der Waals surface area (Å²) in [4.78, 5) is 76.9. The van der Waals surface area contributed by atoms with Gasteiger partial charge in [0.1, 0.15) is 42.0 Å². The molecule has 1 fully saturated rings. The Bertz CT molecular complexity index is 1210. The van der Waals surface area contributed by atoms with E-state index >= 15 is 0 Å². The molecule has 0 aromatic heterocycles. The van der Waals surface area contributed by atoms with Crippen molar-refractivity contribution in [1.82, 2.24) is 26.2 Å². The van der Waals surface area contributed by atoms with Crippen LogP contribution in [0.5, 0.6) is 5.75 Å². The minimum atomic E-state index is -1.69. The second-order valence-corrected chi connectivity index (χ2v) is 10.5. The van der Waals surface area contributed by atoms with Crippen molar-refractivity contribution < 1.29 is 59.4 Å². The number of aliphatic hydroxyl groups is 4. The van der Waals surface area contributed by atoms with Crippen LogP contribution in [0.2, 0.25) is 0 Å². The van der Waals surface area contributed by atoms with E-state index in [4.69, 9.17) is 5.73 Å². The van der Waals surface area contributed by atoms with Crippen molar-refractivity contribution in [3.8, 4) is 5.75 Å². The van der Waals surface area contributed by atoms with Gasteiger partial charge in [0, 0.05) is 13.0 Å². The van der Waals surface area contributed by atoms with Crippen molar-refractivity contribution in [2.45, 2.75) is 68.5 Å². The summed E-state index contributed by atoms with van der Waals surface area (Å²) in [6.45, 7) is -1.40. The highest BCUT2D eigenvalue weighted by molar-refractivity contribution is 5.96. The molecular weight excluding hydrogens is 600 g/mol. The molecule has 0 spiro atoms. The average molecular weight is 641 g/mol. The number of amides is 5. The highest BCUT2D eigenvalue weighted by atomic mass is 16.4.